The van der Waals surface area contributed by atoms with Crippen molar-refractivity contribution in [2.45, 2.75) is 70.9 Å². The van der Waals surface area contributed by atoms with Crippen LogP contribution in [0.25, 0.3) is 0 Å². The summed E-state index contributed by atoms with van der Waals surface area (Å²) in [5.41, 5.74) is 6.05. The minimum Gasteiger partial charge on any atom is -0.364 e. The zero-order valence-electron chi connectivity index (χ0n) is 14.2. The van der Waals surface area contributed by atoms with Crippen LogP contribution in [0.5, 0.6) is 0 Å². The third kappa shape index (κ3) is 4.19. The molecular weight excluding hydrogens is 264 g/mol. The van der Waals surface area contributed by atoms with Crippen LogP contribution in [0.2, 0.25) is 0 Å². The smallest absolute Gasteiger partial charge is 0.248 e. The van der Waals surface area contributed by atoms with Gasteiger partial charge in [-0.05, 0) is 49.9 Å². The largest absolute Gasteiger partial charge is 0.364 e. The summed E-state index contributed by atoms with van der Waals surface area (Å²) in [6.45, 7) is 7.63. The van der Waals surface area contributed by atoms with Gasteiger partial charge in [-0.2, -0.15) is 0 Å². The molecule has 2 N–H and O–H groups in total. The molecule has 4 heteroatoms. The maximum atomic E-state index is 12.1. The fraction of sp³-hybridized carbons (Fsp3) is 0.941. The molecule has 0 radical (unpaired) electrons. The number of ether oxygens (including phenoxy) is 1. The molecule has 0 aromatic heterocycles. The SMILES string of the molecule is CN(C(=O)COC1(CN)CCC(C(C)(C)C)CC1)C1CC1. The highest BCUT2D eigenvalue weighted by Crippen LogP contribution is 2.42. The Morgan fingerprint density at radius 2 is 1.81 bits per heavy atom. The van der Waals surface area contributed by atoms with Crippen LogP contribution in [0.15, 0.2) is 0 Å². The summed E-state index contributed by atoms with van der Waals surface area (Å²) in [5, 5.41) is 0. The lowest BCUT2D eigenvalue weighted by Gasteiger charge is -2.43. The van der Waals surface area contributed by atoms with E-state index in [-0.39, 0.29) is 18.1 Å². The van der Waals surface area contributed by atoms with E-state index >= 15 is 0 Å². The first-order valence-electron chi connectivity index (χ1n) is 8.37. The van der Waals surface area contributed by atoms with Crippen molar-refractivity contribution in [3.05, 3.63) is 0 Å². The Hall–Kier alpha value is -0.610. The predicted octanol–water partition coefficient (Wildman–Crippen LogP) is 2.56. The lowest BCUT2D eigenvalue weighted by Crippen LogP contribution is -2.47. The topological polar surface area (TPSA) is 55.6 Å². The number of likely N-dealkylation sites (N-methyl/N-ethyl adjacent to an activating group) is 1. The Labute approximate surface area is 129 Å². The maximum absolute atomic E-state index is 12.1. The lowest BCUT2D eigenvalue weighted by molar-refractivity contribution is -0.146. The minimum absolute atomic E-state index is 0.100. The van der Waals surface area contributed by atoms with E-state index in [9.17, 15) is 4.79 Å². The van der Waals surface area contributed by atoms with Crippen molar-refractivity contribution < 1.29 is 9.53 Å². The van der Waals surface area contributed by atoms with Crippen LogP contribution in [-0.2, 0) is 9.53 Å². The van der Waals surface area contributed by atoms with Gasteiger partial charge >= 0.3 is 0 Å². The molecule has 0 aromatic rings. The van der Waals surface area contributed by atoms with Gasteiger partial charge in [0.25, 0.3) is 0 Å². The van der Waals surface area contributed by atoms with Crippen LogP contribution in [0.1, 0.15) is 59.3 Å². The summed E-state index contributed by atoms with van der Waals surface area (Å²) < 4.78 is 6.03. The standard InChI is InChI=1S/C17H32N2O2/c1-16(2,3)13-7-9-17(12-18,10-8-13)21-11-15(20)19(4)14-5-6-14/h13-14H,5-12,18H2,1-4H3. The summed E-state index contributed by atoms with van der Waals surface area (Å²) in [7, 11) is 1.88. The molecule has 0 atom stereocenters. The van der Waals surface area contributed by atoms with E-state index in [4.69, 9.17) is 10.5 Å². The van der Waals surface area contributed by atoms with Gasteiger partial charge in [0.2, 0.25) is 5.91 Å². The zero-order chi connectivity index (χ0) is 15.7. The molecule has 2 rings (SSSR count). The van der Waals surface area contributed by atoms with Crippen LogP contribution in [0.3, 0.4) is 0 Å². The Morgan fingerprint density at radius 3 is 2.24 bits per heavy atom. The minimum atomic E-state index is -0.276. The number of hydrogen-bond acceptors (Lipinski definition) is 3. The molecule has 0 unspecified atom stereocenters. The van der Waals surface area contributed by atoms with E-state index in [1.165, 1.54) is 0 Å². The molecule has 2 fully saturated rings. The van der Waals surface area contributed by atoms with Crippen molar-refractivity contribution in [3.63, 3.8) is 0 Å². The first-order valence-corrected chi connectivity index (χ1v) is 8.37. The van der Waals surface area contributed by atoms with Gasteiger partial charge in [0.15, 0.2) is 0 Å². The van der Waals surface area contributed by atoms with E-state index in [0.29, 0.717) is 18.0 Å². The van der Waals surface area contributed by atoms with Gasteiger partial charge < -0.3 is 15.4 Å². The second kappa shape index (κ2) is 6.25. The van der Waals surface area contributed by atoms with E-state index in [0.717, 1.165) is 44.4 Å². The van der Waals surface area contributed by atoms with Crippen molar-refractivity contribution in [1.29, 1.82) is 0 Å². The molecule has 0 heterocycles. The highest BCUT2D eigenvalue weighted by atomic mass is 16.5. The van der Waals surface area contributed by atoms with Gasteiger partial charge in [0.05, 0.1) is 5.60 Å². The number of carbonyl (C=O) groups is 1. The molecule has 2 aliphatic rings. The first kappa shape index (κ1) is 16.8. The normalized spacial score (nSPS) is 30.2. The van der Waals surface area contributed by atoms with Crippen molar-refractivity contribution >= 4 is 5.91 Å². The van der Waals surface area contributed by atoms with Crippen molar-refractivity contribution in [1.82, 2.24) is 4.90 Å². The van der Waals surface area contributed by atoms with Gasteiger partial charge in [0, 0.05) is 19.6 Å². The molecule has 1 amide bonds. The number of carbonyl (C=O) groups excluding carboxylic acids is 1. The summed E-state index contributed by atoms with van der Waals surface area (Å²) in [5.74, 6) is 0.828. The summed E-state index contributed by atoms with van der Waals surface area (Å²) >= 11 is 0. The molecule has 21 heavy (non-hydrogen) atoms. The molecule has 0 bridgehead atoms. The lowest BCUT2D eigenvalue weighted by atomic mass is 9.68. The Morgan fingerprint density at radius 1 is 1.24 bits per heavy atom. The van der Waals surface area contributed by atoms with Gasteiger partial charge in [-0.25, -0.2) is 0 Å². The highest BCUT2D eigenvalue weighted by Gasteiger charge is 2.39. The Balaban J connectivity index is 1.84. The number of hydrogen-bond donors (Lipinski definition) is 1. The van der Waals surface area contributed by atoms with Crippen LogP contribution in [0.4, 0.5) is 0 Å². The fourth-order valence-corrected chi connectivity index (χ4v) is 3.40. The Kier molecular flexibility index (Phi) is 4.99. The molecule has 2 saturated carbocycles. The van der Waals surface area contributed by atoms with Crippen LogP contribution in [0, 0.1) is 11.3 Å². The summed E-state index contributed by atoms with van der Waals surface area (Å²) in [4.78, 5) is 13.9. The first-order chi connectivity index (χ1) is 9.77. The fourth-order valence-electron chi connectivity index (χ4n) is 3.40. The average Bonchev–Trinajstić information content (AvgIpc) is 3.28. The number of nitrogens with zero attached hydrogens (tertiary/aromatic N) is 1. The average molecular weight is 296 g/mol. The van der Waals surface area contributed by atoms with Crippen LogP contribution >= 0.6 is 0 Å². The van der Waals surface area contributed by atoms with Crippen LogP contribution in [-0.4, -0.2) is 42.6 Å². The molecule has 0 aromatic carbocycles. The van der Waals surface area contributed by atoms with Gasteiger partial charge in [0.1, 0.15) is 6.61 Å². The molecule has 0 saturated heterocycles. The van der Waals surface area contributed by atoms with Crippen molar-refractivity contribution in [3.8, 4) is 0 Å². The van der Waals surface area contributed by atoms with E-state index in [1.54, 1.807) is 0 Å². The van der Waals surface area contributed by atoms with Crippen molar-refractivity contribution in [2.24, 2.45) is 17.1 Å². The molecular formula is C17H32N2O2. The third-order valence-electron chi connectivity index (χ3n) is 5.48. The Bertz CT molecular complexity index is 363. The molecule has 0 spiro atoms. The van der Waals surface area contributed by atoms with Gasteiger partial charge in [-0.15, -0.1) is 0 Å². The monoisotopic (exact) mass is 296 g/mol. The third-order valence-corrected chi connectivity index (χ3v) is 5.48. The summed E-state index contributed by atoms with van der Waals surface area (Å²) in [6.07, 6.45) is 6.52. The molecule has 2 aliphatic carbocycles. The number of nitrogens with two attached hydrogens (primary N) is 1. The van der Waals surface area contributed by atoms with Crippen LogP contribution < -0.4 is 5.73 Å². The zero-order valence-corrected chi connectivity index (χ0v) is 14.2. The van der Waals surface area contributed by atoms with Gasteiger partial charge in [-0.1, -0.05) is 20.8 Å². The van der Waals surface area contributed by atoms with E-state index in [2.05, 4.69) is 20.8 Å². The predicted molar refractivity (Wildman–Crippen MR) is 84.9 cm³/mol. The quantitative estimate of drug-likeness (QED) is 0.848. The van der Waals surface area contributed by atoms with E-state index < -0.39 is 0 Å². The van der Waals surface area contributed by atoms with Crippen molar-refractivity contribution in [2.75, 3.05) is 20.2 Å². The molecule has 122 valence electrons. The number of amides is 1. The second-order valence-corrected chi connectivity index (χ2v) is 8.05. The number of rotatable bonds is 5. The van der Waals surface area contributed by atoms with E-state index in [1.807, 2.05) is 11.9 Å². The highest BCUT2D eigenvalue weighted by molar-refractivity contribution is 5.77. The molecule has 4 nitrogen and oxygen atoms in total. The van der Waals surface area contributed by atoms with Gasteiger partial charge in [-0.3, -0.25) is 4.79 Å². The summed E-state index contributed by atoms with van der Waals surface area (Å²) in [6, 6.07) is 0.451. The second-order valence-electron chi connectivity index (χ2n) is 8.05. The maximum Gasteiger partial charge on any atom is 0.248 e. The molecule has 0 aliphatic heterocycles.